The molecule has 0 aliphatic heterocycles. The first-order valence-electron chi connectivity index (χ1n) is 3.39. The molecule has 1 amide bonds. The number of carbonyl (C=O) groups is 1. The fraction of sp³-hybridized carbons (Fsp3) is 0.286. The fourth-order valence-corrected chi connectivity index (χ4v) is 0.897. The van der Waals surface area contributed by atoms with Gasteiger partial charge in [-0.25, -0.2) is 4.79 Å². The zero-order valence-electron chi connectivity index (χ0n) is 6.24. The molecule has 0 saturated heterocycles. The minimum atomic E-state index is -0.935. The average Bonchev–Trinajstić information content (AvgIpc) is 2.40. The molecule has 4 heteroatoms. The number of amides is 1. The van der Waals surface area contributed by atoms with Gasteiger partial charge in [-0.2, -0.15) is 0 Å². The molecule has 0 saturated carbocycles. The minimum absolute atomic E-state index is 0.454. The van der Waals surface area contributed by atoms with Crippen molar-refractivity contribution in [3.8, 4) is 0 Å². The molecule has 11 heavy (non-hydrogen) atoms. The largest absolute Gasteiger partial charge is 0.465 e. The van der Waals surface area contributed by atoms with Crippen molar-refractivity contribution in [2.45, 2.75) is 6.92 Å². The van der Waals surface area contributed by atoms with E-state index in [0.717, 1.165) is 0 Å². The number of nitrogens with one attached hydrogen (secondary N) is 1. The molecule has 0 unspecified atom stereocenters. The molecule has 60 valence electrons. The molecule has 1 heterocycles. The van der Waals surface area contributed by atoms with E-state index in [4.69, 9.17) is 5.11 Å². The molecular weight excluding hydrogens is 144 g/mol. The Labute approximate surface area is 64.5 Å². The Morgan fingerprint density at radius 1 is 1.82 bits per heavy atom. The molecule has 0 bridgehead atoms. The number of hydrogen-bond acceptors (Lipinski definition) is 1. The van der Waals surface area contributed by atoms with E-state index < -0.39 is 6.09 Å². The summed E-state index contributed by atoms with van der Waals surface area (Å²) in [6.07, 6.45) is 0.760. The highest BCUT2D eigenvalue weighted by Gasteiger charge is 2.10. The Bertz CT molecular complexity index is 231. The van der Waals surface area contributed by atoms with Gasteiger partial charge in [0.05, 0.1) is 0 Å². The van der Waals surface area contributed by atoms with Crippen molar-refractivity contribution in [2.75, 3.05) is 11.4 Å². The second kappa shape index (κ2) is 3.09. The summed E-state index contributed by atoms with van der Waals surface area (Å²) in [5.74, 6) is 0.611. The summed E-state index contributed by atoms with van der Waals surface area (Å²) in [4.78, 5) is 14.6. The highest BCUT2D eigenvalue weighted by molar-refractivity contribution is 5.84. The van der Waals surface area contributed by atoms with Crippen LogP contribution in [0.1, 0.15) is 6.92 Å². The summed E-state index contributed by atoms with van der Waals surface area (Å²) in [6.45, 7) is 2.24. The lowest BCUT2D eigenvalue weighted by Gasteiger charge is -2.13. The average molecular weight is 154 g/mol. The Hall–Kier alpha value is -1.45. The second-order valence-corrected chi connectivity index (χ2v) is 2.08. The van der Waals surface area contributed by atoms with Crippen LogP contribution in [0.4, 0.5) is 10.6 Å². The van der Waals surface area contributed by atoms with Gasteiger partial charge in [0.2, 0.25) is 0 Å². The number of anilines is 1. The van der Waals surface area contributed by atoms with E-state index in [2.05, 4.69) is 4.98 Å². The SMILES string of the molecule is CCN(C(=O)O)c1ccc[nH]1. The molecule has 0 aliphatic rings. The molecule has 1 aromatic heterocycles. The molecule has 2 N–H and O–H groups in total. The van der Waals surface area contributed by atoms with Crippen molar-refractivity contribution in [3.63, 3.8) is 0 Å². The number of rotatable bonds is 2. The lowest BCUT2D eigenvalue weighted by molar-refractivity contribution is 0.202. The van der Waals surface area contributed by atoms with E-state index in [1.165, 1.54) is 4.90 Å². The molecular formula is C7H10N2O2. The number of H-pyrrole nitrogens is 1. The van der Waals surface area contributed by atoms with Crippen LogP contribution < -0.4 is 4.90 Å². The summed E-state index contributed by atoms with van der Waals surface area (Å²) in [7, 11) is 0. The molecule has 0 atom stereocenters. The van der Waals surface area contributed by atoms with E-state index in [-0.39, 0.29) is 0 Å². The third kappa shape index (κ3) is 1.52. The summed E-state index contributed by atoms with van der Waals surface area (Å²) in [5, 5.41) is 8.65. The first kappa shape index (κ1) is 7.65. The number of nitrogens with zero attached hydrogens (tertiary/aromatic N) is 1. The van der Waals surface area contributed by atoms with Crippen LogP contribution in [0.15, 0.2) is 18.3 Å². The lowest BCUT2D eigenvalue weighted by atomic mass is 10.5. The topological polar surface area (TPSA) is 56.3 Å². The normalized spacial score (nSPS) is 9.55. The van der Waals surface area contributed by atoms with Gasteiger partial charge in [-0.3, -0.25) is 4.90 Å². The summed E-state index contributed by atoms with van der Waals surface area (Å²) in [6, 6.07) is 3.48. The predicted molar refractivity (Wildman–Crippen MR) is 41.8 cm³/mol. The van der Waals surface area contributed by atoms with Crippen LogP contribution in [-0.2, 0) is 0 Å². The minimum Gasteiger partial charge on any atom is -0.465 e. The third-order valence-electron chi connectivity index (χ3n) is 1.42. The van der Waals surface area contributed by atoms with Gasteiger partial charge in [0.15, 0.2) is 0 Å². The van der Waals surface area contributed by atoms with Gasteiger partial charge in [-0.1, -0.05) is 0 Å². The van der Waals surface area contributed by atoms with Crippen molar-refractivity contribution in [1.29, 1.82) is 0 Å². The van der Waals surface area contributed by atoms with Crippen LogP contribution in [-0.4, -0.2) is 22.7 Å². The quantitative estimate of drug-likeness (QED) is 0.678. The number of carboxylic acid groups (broad SMARTS) is 1. The lowest BCUT2D eigenvalue weighted by Crippen LogP contribution is -2.28. The maximum Gasteiger partial charge on any atom is 0.412 e. The van der Waals surface area contributed by atoms with Crippen LogP contribution in [0.3, 0.4) is 0 Å². The maximum atomic E-state index is 10.5. The second-order valence-electron chi connectivity index (χ2n) is 2.08. The maximum absolute atomic E-state index is 10.5. The molecule has 1 rings (SSSR count). The molecule has 0 aromatic carbocycles. The van der Waals surface area contributed by atoms with Crippen LogP contribution in [0, 0.1) is 0 Å². The van der Waals surface area contributed by atoms with Gasteiger partial charge < -0.3 is 10.1 Å². The van der Waals surface area contributed by atoms with Gasteiger partial charge in [0, 0.05) is 12.7 Å². The monoisotopic (exact) mass is 154 g/mol. The van der Waals surface area contributed by atoms with Crippen LogP contribution >= 0.6 is 0 Å². The van der Waals surface area contributed by atoms with Gasteiger partial charge in [-0.15, -0.1) is 0 Å². The Kier molecular flexibility index (Phi) is 2.15. The molecule has 0 fully saturated rings. The predicted octanol–water partition coefficient (Wildman–Crippen LogP) is 1.52. The van der Waals surface area contributed by atoms with Crippen molar-refractivity contribution >= 4 is 11.9 Å². The summed E-state index contributed by atoms with van der Waals surface area (Å²) >= 11 is 0. The van der Waals surface area contributed by atoms with Crippen molar-refractivity contribution in [1.82, 2.24) is 4.98 Å². The highest BCUT2D eigenvalue weighted by atomic mass is 16.4. The highest BCUT2D eigenvalue weighted by Crippen LogP contribution is 2.08. The van der Waals surface area contributed by atoms with Crippen molar-refractivity contribution in [3.05, 3.63) is 18.3 Å². The van der Waals surface area contributed by atoms with Gasteiger partial charge in [-0.05, 0) is 19.1 Å². The van der Waals surface area contributed by atoms with Crippen LogP contribution in [0.25, 0.3) is 0 Å². The number of hydrogen-bond donors (Lipinski definition) is 2. The standard InChI is InChI=1S/C7H10N2O2/c1-2-9(7(10)11)6-4-3-5-8-6/h3-5,8H,2H2,1H3,(H,10,11). The Morgan fingerprint density at radius 3 is 2.91 bits per heavy atom. The van der Waals surface area contributed by atoms with E-state index in [1.54, 1.807) is 25.3 Å². The number of aromatic nitrogens is 1. The first-order chi connectivity index (χ1) is 5.25. The van der Waals surface area contributed by atoms with E-state index in [1.807, 2.05) is 0 Å². The summed E-state index contributed by atoms with van der Waals surface area (Å²) in [5.41, 5.74) is 0. The molecule has 0 aliphatic carbocycles. The third-order valence-corrected chi connectivity index (χ3v) is 1.42. The zero-order valence-corrected chi connectivity index (χ0v) is 6.24. The summed E-state index contributed by atoms with van der Waals surface area (Å²) < 4.78 is 0. The molecule has 4 nitrogen and oxygen atoms in total. The first-order valence-corrected chi connectivity index (χ1v) is 3.39. The molecule has 0 spiro atoms. The van der Waals surface area contributed by atoms with Gasteiger partial charge >= 0.3 is 6.09 Å². The van der Waals surface area contributed by atoms with Crippen LogP contribution in [0.5, 0.6) is 0 Å². The van der Waals surface area contributed by atoms with Gasteiger partial charge in [0.25, 0.3) is 0 Å². The van der Waals surface area contributed by atoms with Gasteiger partial charge in [0.1, 0.15) is 5.82 Å². The smallest absolute Gasteiger partial charge is 0.412 e. The zero-order chi connectivity index (χ0) is 8.27. The fourth-order valence-electron chi connectivity index (χ4n) is 0.897. The van der Waals surface area contributed by atoms with E-state index in [9.17, 15) is 4.79 Å². The van der Waals surface area contributed by atoms with E-state index >= 15 is 0 Å². The van der Waals surface area contributed by atoms with Crippen molar-refractivity contribution < 1.29 is 9.90 Å². The number of aromatic amines is 1. The Morgan fingerprint density at radius 2 is 2.55 bits per heavy atom. The molecule has 1 aromatic rings. The van der Waals surface area contributed by atoms with Crippen molar-refractivity contribution in [2.24, 2.45) is 0 Å². The van der Waals surface area contributed by atoms with E-state index in [0.29, 0.717) is 12.4 Å². The van der Waals surface area contributed by atoms with Crippen LogP contribution in [0.2, 0.25) is 0 Å². The molecule has 0 radical (unpaired) electrons. The Balaban J connectivity index is 2.79.